The van der Waals surface area contributed by atoms with Crippen LogP contribution in [0.1, 0.15) is 56.3 Å². The average molecular weight is 408 g/mol. The summed E-state index contributed by atoms with van der Waals surface area (Å²) in [5, 5.41) is 3.13. The van der Waals surface area contributed by atoms with Crippen molar-refractivity contribution in [3.8, 4) is 0 Å². The minimum absolute atomic E-state index is 0.0793. The fourth-order valence-electron chi connectivity index (χ4n) is 4.42. The summed E-state index contributed by atoms with van der Waals surface area (Å²) in [5.74, 6) is -1.54. The molecule has 1 aliphatic carbocycles. The molecule has 0 radical (unpaired) electrons. The number of hydrogen-bond acceptors (Lipinski definition) is 3. The van der Waals surface area contributed by atoms with Gasteiger partial charge in [0.15, 0.2) is 0 Å². The zero-order valence-electron chi connectivity index (χ0n) is 17.3. The maximum Gasteiger partial charge on any atom is 0.256 e. The predicted molar refractivity (Wildman–Crippen MR) is 107 cm³/mol. The number of carbonyl (C=O) groups excluding carboxylic acids is 2. The van der Waals surface area contributed by atoms with Crippen LogP contribution < -0.4 is 5.32 Å². The van der Waals surface area contributed by atoms with E-state index in [-0.39, 0.29) is 23.6 Å². The van der Waals surface area contributed by atoms with Crippen molar-refractivity contribution < 1.29 is 18.4 Å². The Labute approximate surface area is 171 Å². The summed E-state index contributed by atoms with van der Waals surface area (Å²) in [5.41, 5.74) is -0.110. The molecule has 29 heavy (non-hydrogen) atoms. The lowest BCUT2D eigenvalue weighted by molar-refractivity contribution is -0.129. The van der Waals surface area contributed by atoms with Gasteiger partial charge in [-0.15, -0.1) is 0 Å². The van der Waals surface area contributed by atoms with E-state index in [4.69, 9.17) is 0 Å². The minimum atomic E-state index is -0.839. The first-order valence-corrected chi connectivity index (χ1v) is 10.7. The van der Waals surface area contributed by atoms with Gasteiger partial charge < -0.3 is 10.2 Å². The van der Waals surface area contributed by atoms with E-state index < -0.39 is 17.5 Å². The molecule has 1 aliphatic heterocycles. The summed E-state index contributed by atoms with van der Waals surface area (Å²) in [6.07, 6.45) is 5.30. The molecule has 1 saturated heterocycles. The van der Waals surface area contributed by atoms with E-state index in [0.29, 0.717) is 32.1 Å². The van der Waals surface area contributed by atoms with Crippen LogP contribution in [0.2, 0.25) is 0 Å². The number of halogens is 2. The van der Waals surface area contributed by atoms with Crippen molar-refractivity contribution >= 4 is 11.8 Å². The van der Waals surface area contributed by atoms with Gasteiger partial charge in [-0.1, -0.05) is 19.8 Å². The maximum atomic E-state index is 14.0. The van der Waals surface area contributed by atoms with Crippen LogP contribution in [0, 0.1) is 17.6 Å². The second kappa shape index (κ2) is 9.65. The van der Waals surface area contributed by atoms with Crippen molar-refractivity contribution in [1.82, 2.24) is 15.1 Å². The summed E-state index contributed by atoms with van der Waals surface area (Å²) in [6, 6.07) is 2.99. The van der Waals surface area contributed by atoms with Crippen LogP contribution in [-0.2, 0) is 4.79 Å². The molecular formula is C22H31F2N3O2. The predicted octanol–water partition coefficient (Wildman–Crippen LogP) is 3.20. The molecule has 0 spiro atoms. The molecule has 2 amide bonds. The van der Waals surface area contributed by atoms with Gasteiger partial charge >= 0.3 is 0 Å². The molecule has 2 fully saturated rings. The van der Waals surface area contributed by atoms with Crippen molar-refractivity contribution in [3.05, 3.63) is 35.4 Å². The van der Waals surface area contributed by atoms with Gasteiger partial charge in [0.1, 0.15) is 11.6 Å². The van der Waals surface area contributed by atoms with Crippen molar-refractivity contribution in [3.63, 3.8) is 0 Å². The highest BCUT2D eigenvalue weighted by atomic mass is 19.1. The molecule has 1 saturated carbocycles. The van der Waals surface area contributed by atoms with Crippen LogP contribution in [0.5, 0.6) is 0 Å². The van der Waals surface area contributed by atoms with E-state index in [0.717, 1.165) is 44.2 Å². The molecular weight excluding hydrogens is 376 g/mol. The zero-order valence-corrected chi connectivity index (χ0v) is 17.3. The van der Waals surface area contributed by atoms with Gasteiger partial charge in [-0.2, -0.15) is 0 Å². The summed E-state index contributed by atoms with van der Waals surface area (Å²) >= 11 is 0. The van der Waals surface area contributed by atoms with Crippen LogP contribution in [-0.4, -0.2) is 59.9 Å². The first-order valence-electron chi connectivity index (χ1n) is 10.7. The van der Waals surface area contributed by atoms with Gasteiger partial charge in [-0.05, 0) is 44.2 Å². The van der Waals surface area contributed by atoms with Gasteiger partial charge in [-0.25, -0.2) is 8.78 Å². The van der Waals surface area contributed by atoms with Gasteiger partial charge in [0.2, 0.25) is 5.91 Å². The third-order valence-electron chi connectivity index (χ3n) is 6.27. The average Bonchev–Trinajstić information content (AvgIpc) is 3.22. The van der Waals surface area contributed by atoms with Crippen LogP contribution >= 0.6 is 0 Å². The largest absolute Gasteiger partial charge is 0.352 e. The highest BCUT2D eigenvalue weighted by Gasteiger charge is 2.37. The number of benzene rings is 1. The van der Waals surface area contributed by atoms with Gasteiger partial charge in [-0.3, -0.25) is 14.5 Å². The molecule has 1 N–H and O–H groups in total. The Morgan fingerprint density at radius 1 is 1.14 bits per heavy atom. The van der Waals surface area contributed by atoms with Crippen molar-refractivity contribution in [2.45, 2.75) is 58.0 Å². The third kappa shape index (κ3) is 5.13. The number of amides is 2. The first kappa shape index (κ1) is 21.7. The number of nitrogens with zero attached hydrogens (tertiary/aromatic N) is 2. The van der Waals surface area contributed by atoms with E-state index in [2.05, 4.69) is 17.1 Å². The van der Waals surface area contributed by atoms with E-state index in [1.807, 2.05) is 6.92 Å². The van der Waals surface area contributed by atoms with Crippen molar-refractivity contribution in [1.29, 1.82) is 0 Å². The standard InChI is InChI=1S/C22H31F2N3O2/c1-3-15(2)25-21(28)20(16-6-4-5-7-16)26-10-12-27(13-11-26)22(29)18-9-8-17(23)14-19(18)24/h8-9,14-16,20H,3-7,10-13H2,1-2H3,(H,25,28). The molecule has 1 aromatic carbocycles. The van der Waals surface area contributed by atoms with Crippen LogP contribution in [0.15, 0.2) is 18.2 Å². The lowest BCUT2D eigenvalue weighted by atomic mass is 9.94. The smallest absolute Gasteiger partial charge is 0.256 e. The second-order valence-corrected chi connectivity index (χ2v) is 8.26. The van der Waals surface area contributed by atoms with Crippen LogP contribution in [0.4, 0.5) is 8.78 Å². The Hall–Kier alpha value is -2.02. The molecule has 7 heteroatoms. The maximum absolute atomic E-state index is 14.0. The molecule has 2 aliphatic rings. The van der Waals surface area contributed by atoms with E-state index in [1.54, 1.807) is 4.90 Å². The second-order valence-electron chi connectivity index (χ2n) is 8.26. The lowest BCUT2D eigenvalue weighted by Gasteiger charge is -2.41. The zero-order chi connectivity index (χ0) is 21.0. The fourth-order valence-corrected chi connectivity index (χ4v) is 4.42. The quantitative estimate of drug-likeness (QED) is 0.788. The number of hydrogen-bond donors (Lipinski definition) is 1. The molecule has 160 valence electrons. The Bertz CT molecular complexity index is 729. The Kier molecular flexibility index (Phi) is 7.22. The Morgan fingerprint density at radius 2 is 1.79 bits per heavy atom. The SMILES string of the molecule is CCC(C)NC(=O)C(C1CCCC1)N1CCN(C(=O)c2ccc(F)cc2F)CC1. The molecule has 1 heterocycles. The Balaban J connectivity index is 1.66. The molecule has 0 aromatic heterocycles. The number of carbonyl (C=O) groups is 2. The monoisotopic (exact) mass is 407 g/mol. The first-order chi connectivity index (χ1) is 13.9. The van der Waals surface area contributed by atoms with Gasteiger partial charge in [0, 0.05) is 38.3 Å². The molecule has 2 atom stereocenters. The minimum Gasteiger partial charge on any atom is -0.352 e. The summed E-state index contributed by atoms with van der Waals surface area (Å²) in [6.45, 7) is 6.06. The molecule has 0 bridgehead atoms. The summed E-state index contributed by atoms with van der Waals surface area (Å²) < 4.78 is 27.1. The summed E-state index contributed by atoms with van der Waals surface area (Å²) in [4.78, 5) is 29.4. The van der Waals surface area contributed by atoms with E-state index in [1.165, 1.54) is 6.07 Å². The molecule has 2 unspecified atom stereocenters. The van der Waals surface area contributed by atoms with Crippen molar-refractivity contribution in [2.75, 3.05) is 26.2 Å². The Morgan fingerprint density at radius 3 is 2.38 bits per heavy atom. The van der Waals surface area contributed by atoms with E-state index >= 15 is 0 Å². The molecule has 1 aromatic rings. The normalized spacial score (nSPS) is 20.5. The third-order valence-corrected chi connectivity index (χ3v) is 6.27. The number of piperazine rings is 1. The highest BCUT2D eigenvalue weighted by Crippen LogP contribution is 2.31. The number of rotatable bonds is 6. The highest BCUT2D eigenvalue weighted by molar-refractivity contribution is 5.94. The van der Waals surface area contributed by atoms with Crippen LogP contribution in [0.3, 0.4) is 0 Å². The van der Waals surface area contributed by atoms with Gasteiger partial charge in [0.05, 0.1) is 11.6 Å². The molecule has 3 rings (SSSR count). The van der Waals surface area contributed by atoms with Crippen molar-refractivity contribution in [2.24, 2.45) is 5.92 Å². The van der Waals surface area contributed by atoms with E-state index in [9.17, 15) is 18.4 Å². The number of nitrogens with one attached hydrogen (secondary N) is 1. The van der Waals surface area contributed by atoms with Crippen LogP contribution in [0.25, 0.3) is 0 Å². The summed E-state index contributed by atoms with van der Waals surface area (Å²) in [7, 11) is 0. The fraction of sp³-hybridized carbons (Fsp3) is 0.636. The van der Waals surface area contributed by atoms with Gasteiger partial charge in [0.25, 0.3) is 5.91 Å². The lowest BCUT2D eigenvalue weighted by Crippen LogP contribution is -2.58. The topological polar surface area (TPSA) is 52.7 Å². The molecule has 5 nitrogen and oxygen atoms in total.